The number of aromatic nitrogens is 2. The van der Waals surface area contributed by atoms with Crippen LogP contribution in [0, 0.1) is 0 Å². The lowest BCUT2D eigenvalue weighted by molar-refractivity contribution is 0.102. The Morgan fingerprint density at radius 3 is 2.50 bits per heavy atom. The van der Waals surface area contributed by atoms with Gasteiger partial charge in [0.15, 0.2) is 0 Å². The maximum Gasteiger partial charge on any atom is 0.322 e. The molecule has 0 unspecified atom stereocenters. The molecule has 2 heterocycles. The lowest BCUT2D eigenvalue weighted by Crippen LogP contribution is -2.10. The molecule has 130 valence electrons. The van der Waals surface area contributed by atoms with Crippen molar-refractivity contribution in [2.24, 2.45) is 0 Å². The zero-order valence-electron chi connectivity index (χ0n) is 12.8. The van der Waals surface area contributed by atoms with E-state index in [0.717, 1.165) is 10.1 Å². The van der Waals surface area contributed by atoms with Crippen molar-refractivity contribution in [3.05, 3.63) is 62.4 Å². The normalized spacial score (nSPS) is 11.0. The molecule has 0 saturated heterocycles. The van der Waals surface area contributed by atoms with Crippen LogP contribution in [-0.2, 0) is 0 Å². The van der Waals surface area contributed by atoms with Gasteiger partial charge in [0, 0.05) is 25.7 Å². The molecule has 0 saturated carbocycles. The Morgan fingerprint density at radius 2 is 1.77 bits per heavy atom. The van der Waals surface area contributed by atoms with E-state index in [9.17, 15) is 4.79 Å². The Balaban J connectivity index is 1.60. The Bertz CT molecular complexity index is 1120. The molecule has 9 heteroatoms. The first-order valence-corrected chi connectivity index (χ1v) is 9.24. The summed E-state index contributed by atoms with van der Waals surface area (Å²) in [5, 5.41) is 12.4. The molecule has 1 N–H and O–H groups in total. The Hall–Kier alpha value is -2.12. The van der Waals surface area contributed by atoms with Crippen molar-refractivity contribution in [1.82, 2.24) is 10.2 Å². The standard InChI is InChI=1S/C17H8Cl3N3O2S/c18-9-5-8(6-10(19)7-9)16-22-23-17(25-16)21-15(24)14-13(20)11-3-1-2-4-12(11)26-14/h1-7H,(H,21,23,24). The van der Waals surface area contributed by atoms with Gasteiger partial charge in [-0.05, 0) is 24.3 Å². The minimum absolute atomic E-state index is 0.0466. The largest absolute Gasteiger partial charge is 0.403 e. The number of nitrogens with one attached hydrogen (secondary N) is 1. The van der Waals surface area contributed by atoms with E-state index in [-0.39, 0.29) is 11.9 Å². The molecule has 0 fully saturated rings. The average Bonchev–Trinajstić information content (AvgIpc) is 3.19. The monoisotopic (exact) mass is 423 g/mol. The molecule has 2 aromatic carbocycles. The summed E-state index contributed by atoms with van der Waals surface area (Å²) in [7, 11) is 0. The molecule has 26 heavy (non-hydrogen) atoms. The highest BCUT2D eigenvalue weighted by Crippen LogP contribution is 2.35. The van der Waals surface area contributed by atoms with Crippen molar-refractivity contribution in [1.29, 1.82) is 0 Å². The number of halogens is 3. The predicted molar refractivity (Wildman–Crippen MR) is 105 cm³/mol. The van der Waals surface area contributed by atoms with Gasteiger partial charge in [0.25, 0.3) is 5.91 Å². The third-order valence-corrected chi connectivity index (χ3v) is 5.61. The van der Waals surface area contributed by atoms with Gasteiger partial charge in [-0.2, -0.15) is 0 Å². The second-order valence-electron chi connectivity index (χ2n) is 5.27. The van der Waals surface area contributed by atoms with E-state index in [1.807, 2.05) is 24.3 Å². The minimum Gasteiger partial charge on any atom is -0.403 e. The van der Waals surface area contributed by atoms with Crippen LogP contribution in [0.25, 0.3) is 21.5 Å². The lowest BCUT2D eigenvalue weighted by atomic mass is 10.2. The first-order valence-electron chi connectivity index (χ1n) is 7.29. The number of fused-ring (bicyclic) bond motifs is 1. The first kappa shape index (κ1) is 17.3. The topological polar surface area (TPSA) is 68.0 Å². The van der Waals surface area contributed by atoms with Crippen LogP contribution in [0.5, 0.6) is 0 Å². The van der Waals surface area contributed by atoms with Crippen LogP contribution in [0.3, 0.4) is 0 Å². The van der Waals surface area contributed by atoms with Crippen LogP contribution in [-0.4, -0.2) is 16.1 Å². The molecule has 1 amide bonds. The summed E-state index contributed by atoms with van der Waals surface area (Å²) in [5.41, 5.74) is 0.551. The summed E-state index contributed by atoms with van der Waals surface area (Å²) in [6.45, 7) is 0. The van der Waals surface area contributed by atoms with Gasteiger partial charge in [-0.15, -0.1) is 16.4 Å². The van der Waals surface area contributed by atoms with E-state index in [1.54, 1.807) is 18.2 Å². The van der Waals surface area contributed by atoms with Crippen LogP contribution in [0.2, 0.25) is 15.1 Å². The third kappa shape index (κ3) is 3.29. The number of nitrogens with zero attached hydrogens (tertiary/aromatic N) is 2. The van der Waals surface area contributed by atoms with Gasteiger partial charge in [-0.3, -0.25) is 10.1 Å². The van der Waals surface area contributed by atoms with Gasteiger partial charge in [-0.1, -0.05) is 58.1 Å². The molecule has 0 bridgehead atoms. The number of benzene rings is 2. The van der Waals surface area contributed by atoms with Gasteiger partial charge < -0.3 is 4.42 Å². The number of hydrogen-bond donors (Lipinski definition) is 1. The van der Waals surface area contributed by atoms with E-state index in [1.165, 1.54) is 11.3 Å². The van der Waals surface area contributed by atoms with Crippen molar-refractivity contribution in [2.75, 3.05) is 5.32 Å². The van der Waals surface area contributed by atoms with Crippen LogP contribution in [0.1, 0.15) is 9.67 Å². The minimum atomic E-state index is -0.421. The first-order chi connectivity index (χ1) is 12.5. The van der Waals surface area contributed by atoms with Crippen LogP contribution < -0.4 is 5.32 Å². The van der Waals surface area contributed by atoms with E-state index >= 15 is 0 Å². The Morgan fingerprint density at radius 1 is 1.04 bits per heavy atom. The molecule has 0 aliphatic rings. The van der Waals surface area contributed by atoms with Gasteiger partial charge in [0.05, 0.1) is 5.02 Å². The fraction of sp³-hybridized carbons (Fsp3) is 0. The fourth-order valence-electron chi connectivity index (χ4n) is 2.38. The average molecular weight is 425 g/mol. The summed E-state index contributed by atoms with van der Waals surface area (Å²) < 4.78 is 6.39. The molecular weight excluding hydrogens is 417 g/mol. The van der Waals surface area contributed by atoms with Gasteiger partial charge in [0.2, 0.25) is 5.89 Å². The SMILES string of the molecule is O=C(Nc1nnc(-c2cc(Cl)cc(Cl)c2)o1)c1sc2ccccc2c1Cl. The number of hydrogen-bond acceptors (Lipinski definition) is 5. The molecule has 0 spiro atoms. The highest BCUT2D eigenvalue weighted by Gasteiger charge is 2.19. The van der Waals surface area contributed by atoms with Gasteiger partial charge in [-0.25, -0.2) is 0 Å². The number of carbonyl (C=O) groups excluding carboxylic acids is 1. The van der Waals surface area contributed by atoms with Crippen molar-refractivity contribution in [2.45, 2.75) is 0 Å². The maximum absolute atomic E-state index is 12.5. The lowest BCUT2D eigenvalue weighted by Gasteiger charge is -1.99. The Labute approximate surface area is 166 Å². The molecule has 0 atom stereocenters. The summed E-state index contributed by atoms with van der Waals surface area (Å²) in [6.07, 6.45) is 0. The number of rotatable bonds is 3. The predicted octanol–water partition coefficient (Wildman–Crippen LogP) is 6.16. The van der Waals surface area contributed by atoms with Crippen molar-refractivity contribution >= 4 is 68.1 Å². The second-order valence-corrected chi connectivity index (χ2v) is 7.57. The van der Waals surface area contributed by atoms with Crippen molar-refractivity contribution < 1.29 is 9.21 Å². The highest BCUT2D eigenvalue weighted by atomic mass is 35.5. The zero-order chi connectivity index (χ0) is 18.3. The molecule has 4 rings (SSSR count). The van der Waals surface area contributed by atoms with E-state index < -0.39 is 5.91 Å². The van der Waals surface area contributed by atoms with Crippen molar-refractivity contribution in [3.63, 3.8) is 0 Å². The molecule has 0 aliphatic carbocycles. The quantitative estimate of drug-likeness (QED) is 0.427. The number of amides is 1. The highest BCUT2D eigenvalue weighted by molar-refractivity contribution is 7.21. The van der Waals surface area contributed by atoms with Crippen LogP contribution in [0.4, 0.5) is 6.01 Å². The summed E-state index contributed by atoms with van der Waals surface area (Å²) in [5.74, 6) is -0.234. The summed E-state index contributed by atoms with van der Waals surface area (Å²) in [6, 6.07) is 12.3. The zero-order valence-corrected chi connectivity index (χ0v) is 15.9. The fourth-order valence-corrected chi connectivity index (χ4v) is 4.32. The molecule has 4 aromatic rings. The number of anilines is 1. The third-order valence-electron chi connectivity index (χ3n) is 3.50. The second kappa shape index (κ2) is 6.89. The maximum atomic E-state index is 12.5. The number of thiophene rings is 1. The molecular formula is C17H8Cl3N3O2S. The number of carbonyl (C=O) groups is 1. The van der Waals surface area contributed by atoms with Crippen LogP contribution in [0.15, 0.2) is 46.9 Å². The smallest absolute Gasteiger partial charge is 0.322 e. The molecule has 0 aliphatic heterocycles. The summed E-state index contributed by atoms with van der Waals surface area (Å²) >= 11 is 19.5. The Kier molecular flexibility index (Phi) is 4.58. The van der Waals surface area contributed by atoms with Crippen LogP contribution >= 0.6 is 46.1 Å². The molecule has 5 nitrogen and oxygen atoms in total. The molecule has 0 radical (unpaired) electrons. The molecule has 2 aromatic heterocycles. The van der Waals surface area contributed by atoms with Crippen molar-refractivity contribution in [3.8, 4) is 11.5 Å². The summed E-state index contributed by atoms with van der Waals surface area (Å²) in [4.78, 5) is 12.9. The van der Waals surface area contributed by atoms with E-state index in [0.29, 0.717) is 25.5 Å². The van der Waals surface area contributed by atoms with E-state index in [4.69, 9.17) is 39.2 Å². The van der Waals surface area contributed by atoms with Gasteiger partial charge in [0.1, 0.15) is 4.88 Å². The van der Waals surface area contributed by atoms with E-state index in [2.05, 4.69) is 15.5 Å². The van der Waals surface area contributed by atoms with Gasteiger partial charge >= 0.3 is 6.01 Å².